The molecule has 1 aromatic heterocycles. The molecule has 7 rings (SSSR count). The minimum atomic E-state index is -3.82. The van der Waals surface area contributed by atoms with Gasteiger partial charge in [0.1, 0.15) is 21.2 Å². The Morgan fingerprint density at radius 3 is 2.74 bits per heavy atom. The molecule has 4 aliphatic rings. The molecule has 2 unspecified atom stereocenters. The van der Waals surface area contributed by atoms with Crippen LogP contribution in [0.5, 0.6) is 11.6 Å². The van der Waals surface area contributed by atoms with Gasteiger partial charge in [0.2, 0.25) is 5.88 Å². The van der Waals surface area contributed by atoms with Gasteiger partial charge in [-0.05, 0) is 92.3 Å². The van der Waals surface area contributed by atoms with E-state index in [2.05, 4.69) is 31.2 Å². The molecule has 12 nitrogen and oxygen atoms in total. The van der Waals surface area contributed by atoms with Gasteiger partial charge in [0.25, 0.3) is 11.8 Å². The number of anilines is 1. The Balaban J connectivity index is 1.33. The molecule has 3 aromatic rings. The Morgan fingerprint density at radius 2 is 2.00 bits per heavy atom. The third-order valence-corrected chi connectivity index (χ3v) is 13.9. The predicted octanol–water partition coefficient (Wildman–Crippen LogP) is 5.51. The number of halogens is 1. The first-order chi connectivity index (χ1) is 25.2. The summed E-state index contributed by atoms with van der Waals surface area (Å²) >= 11 is 6.46. The van der Waals surface area contributed by atoms with Gasteiger partial charge in [0.05, 0.1) is 36.9 Å². The normalized spacial score (nSPS) is 31.9. The van der Waals surface area contributed by atoms with Crippen LogP contribution in [0.25, 0.3) is 0 Å². The third kappa shape index (κ3) is 7.33. The second-order valence-corrected chi connectivity index (χ2v) is 17.8. The molecular formula is C39H48ClN5O7S. The van der Waals surface area contributed by atoms with E-state index in [1.165, 1.54) is 29.1 Å². The lowest BCUT2D eigenvalue weighted by Crippen LogP contribution is -2.49. The summed E-state index contributed by atoms with van der Waals surface area (Å²) in [6.07, 6.45) is 9.58. The summed E-state index contributed by atoms with van der Waals surface area (Å²) in [5, 5.41) is 16.5. The number of hydrogen-bond acceptors (Lipinski definition) is 9. The lowest BCUT2D eigenvalue weighted by molar-refractivity contribution is 0.0101. The van der Waals surface area contributed by atoms with Crippen molar-refractivity contribution >= 4 is 39.0 Å². The summed E-state index contributed by atoms with van der Waals surface area (Å²) < 4.78 is 40.8. The molecule has 1 saturated carbocycles. The molecule has 2 aromatic carbocycles. The maximum absolute atomic E-state index is 14.7. The smallest absolute Gasteiger partial charge is 0.286 e. The van der Waals surface area contributed by atoms with Gasteiger partial charge >= 0.3 is 0 Å². The largest absolute Gasteiger partial charge is 0.490 e. The van der Waals surface area contributed by atoms with E-state index in [1.807, 2.05) is 12.1 Å². The van der Waals surface area contributed by atoms with Crippen LogP contribution in [-0.2, 0) is 33.5 Å². The SMILES string of the molecule is COc1nn(C)cc1C(=O)NS1(=O)=NC(=O)c2ccc3c(c2)N(C[C@@H]2CC[C@H]2C(OC)/C=C\[C@@](C)(O)[C@H](C)C1)C[C@@]1(CCCc2cc(Cl)ccc21)CO3. The van der Waals surface area contributed by atoms with Crippen LogP contribution < -0.4 is 19.1 Å². The molecule has 2 aliphatic heterocycles. The highest BCUT2D eigenvalue weighted by atomic mass is 35.5. The summed E-state index contributed by atoms with van der Waals surface area (Å²) in [6, 6.07) is 11.3. The Morgan fingerprint density at radius 1 is 1.19 bits per heavy atom. The van der Waals surface area contributed by atoms with Crippen molar-refractivity contribution in [1.29, 1.82) is 0 Å². The van der Waals surface area contributed by atoms with Crippen LogP contribution in [0.3, 0.4) is 0 Å². The van der Waals surface area contributed by atoms with Gasteiger partial charge in [-0.1, -0.05) is 36.7 Å². The highest BCUT2D eigenvalue weighted by molar-refractivity contribution is 7.92. The quantitative estimate of drug-likeness (QED) is 0.329. The van der Waals surface area contributed by atoms with E-state index in [-0.39, 0.29) is 46.1 Å². The molecule has 0 radical (unpaired) electrons. The Labute approximate surface area is 316 Å². The fourth-order valence-electron chi connectivity index (χ4n) is 8.40. The number of carbonyl (C=O) groups excluding carboxylic acids is 2. The number of aryl methyl sites for hydroxylation is 2. The molecule has 1 spiro atoms. The van der Waals surface area contributed by atoms with Crippen molar-refractivity contribution in [1.82, 2.24) is 14.5 Å². The van der Waals surface area contributed by atoms with Gasteiger partial charge < -0.3 is 24.2 Å². The minimum Gasteiger partial charge on any atom is -0.490 e. The fraction of sp³-hybridized carbons (Fsp3) is 0.513. The van der Waals surface area contributed by atoms with E-state index in [0.717, 1.165) is 37.8 Å². The van der Waals surface area contributed by atoms with Gasteiger partial charge in [0, 0.05) is 55.4 Å². The van der Waals surface area contributed by atoms with Gasteiger partial charge in [-0.15, -0.1) is 9.46 Å². The molecular weight excluding hydrogens is 718 g/mol. The van der Waals surface area contributed by atoms with E-state index in [9.17, 15) is 18.9 Å². The van der Waals surface area contributed by atoms with Crippen molar-refractivity contribution in [2.45, 2.75) is 63.1 Å². The maximum atomic E-state index is 14.7. The van der Waals surface area contributed by atoms with Crippen LogP contribution >= 0.6 is 11.6 Å². The van der Waals surface area contributed by atoms with Gasteiger partial charge in [-0.3, -0.25) is 19.0 Å². The average Bonchev–Trinajstić information content (AvgIpc) is 3.43. The summed E-state index contributed by atoms with van der Waals surface area (Å²) in [5.41, 5.74) is 1.67. The third-order valence-electron chi connectivity index (χ3n) is 11.7. The number of benzene rings is 2. The van der Waals surface area contributed by atoms with Crippen LogP contribution in [0.4, 0.5) is 5.69 Å². The van der Waals surface area contributed by atoms with Crippen molar-refractivity contribution in [2.24, 2.45) is 29.2 Å². The first kappa shape index (κ1) is 37.4. The number of carbonyl (C=O) groups is 2. The molecule has 3 heterocycles. The lowest BCUT2D eigenvalue weighted by atomic mass is 9.68. The first-order valence-electron chi connectivity index (χ1n) is 18.2. The summed E-state index contributed by atoms with van der Waals surface area (Å²) in [5.74, 6) is -1.41. The number of rotatable bonds is 4. The Bertz CT molecular complexity index is 2070. The van der Waals surface area contributed by atoms with Crippen LogP contribution in [0.1, 0.15) is 71.4 Å². The lowest BCUT2D eigenvalue weighted by Gasteiger charge is -2.46. The predicted molar refractivity (Wildman–Crippen MR) is 203 cm³/mol. The number of aliphatic hydroxyl groups is 1. The molecule has 2 aliphatic carbocycles. The van der Waals surface area contributed by atoms with Crippen molar-refractivity contribution in [3.8, 4) is 11.6 Å². The number of hydrogen-bond donors (Lipinski definition) is 2. The average molecular weight is 766 g/mol. The van der Waals surface area contributed by atoms with E-state index in [4.69, 9.17) is 25.8 Å². The zero-order valence-electron chi connectivity index (χ0n) is 30.8. The molecule has 0 saturated heterocycles. The van der Waals surface area contributed by atoms with Crippen LogP contribution in [0.2, 0.25) is 5.02 Å². The zero-order valence-corrected chi connectivity index (χ0v) is 32.4. The first-order valence-corrected chi connectivity index (χ1v) is 20.2. The number of nitrogens with one attached hydrogen (secondary N) is 1. The highest BCUT2D eigenvalue weighted by Crippen LogP contribution is 2.47. The van der Waals surface area contributed by atoms with Gasteiger partial charge in [0.15, 0.2) is 0 Å². The second kappa shape index (κ2) is 14.4. The zero-order chi connectivity index (χ0) is 37.7. The van der Waals surface area contributed by atoms with Crippen LogP contribution in [0.15, 0.2) is 59.1 Å². The number of methoxy groups -OCH3 is 2. The molecule has 7 atom stereocenters. The number of ether oxygens (including phenoxy) is 3. The number of aromatic nitrogens is 2. The van der Waals surface area contributed by atoms with Crippen molar-refractivity contribution in [3.63, 3.8) is 0 Å². The molecule has 53 heavy (non-hydrogen) atoms. The van der Waals surface area contributed by atoms with Crippen molar-refractivity contribution < 1.29 is 33.1 Å². The molecule has 2 N–H and O–H groups in total. The van der Waals surface area contributed by atoms with Crippen molar-refractivity contribution in [3.05, 3.63) is 82.0 Å². The van der Waals surface area contributed by atoms with Gasteiger partial charge in [-0.25, -0.2) is 4.21 Å². The Kier molecular flexibility index (Phi) is 10.2. The molecule has 14 heteroatoms. The Hall–Kier alpha value is -3.91. The van der Waals surface area contributed by atoms with Crippen LogP contribution in [0, 0.1) is 17.8 Å². The molecule has 284 valence electrons. The molecule has 2 amide bonds. The minimum absolute atomic E-state index is 0.0303. The number of nitrogens with zero attached hydrogens (tertiary/aromatic N) is 4. The van der Waals surface area contributed by atoms with Crippen LogP contribution in [-0.4, -0.2) is 82.3 Å². The summed E-state index contributed by atoms with van der Waals surface area (Å²) in [7, 11) is 0.856. The molecule has 1 fully saturated rings. The number of fused-ring (bicyclic) bond motifs is 4. The number of amides is 2. The highest BCUT2D eigenvalue weighted by Gasteiger charge is 2.45. The summed E-state index contributed by atoms with van der Waals surface area (Å²) in [4.78, 5) is 30.0. The monoisotopic (exact) mass is 765 g/mol. The van der Waals surface area contributed by atoms with E-state index in [0.29, 0.717) is 30.5 Å². The second-order valence-electron chi connectivity index (χ2n) is 15.3. The molecule has 2 bridgehead atoms. The van der Waals surface area contributed by atoms with E-state index in [1.54, 1.807) is 52.3 Å². The standard InChI is InChI=1S/C39H48ClN5O7S/c1-24-21-53(49,43-36(47)30-20-44(3)41-37(30)51-5)42-35(46)26-9-13-34-32(18-26)45(19-27-8-11-29(27)33(50-4)14-16-38(24,2)48)22-39(23-52-34)15-6-7-25-17-28(40)10-12-31(25)39/h9-10,12-14,16-18,20,24,27,29,33,48H,6-8,11,15,19,21-23H2,1-5H3,(H,42,43,46,47,49)/b16-14-/t24-,27+,29-,33?,38-,39+,53?/m1/s1. The fourth-order valence-corrected chi connectivity index (χ4v) is 10.6. The van der Waals surface area contributed by atoms with E-state index >= 15 is 0 Å². The maximum Gasteiger partial charge on any atom is 0.286 e. The topological polar surface area (TPSA) is 145 Å². The van der Waals surface area contributed by atoms with Gasteiger partial charge in [-0.2, -0.15) is 0 Å². The van der Waals surface area contributed by atoms with E-state index < -0.39 is 33.2 Å². The summed E-state index contributed by atoms with van der Waals surface area (Å²) in [6.45, 7) is 5.15. The van der Waals surface area contributed by atoms with Crippen molar-refractivity contribution in [2.75, 3.05) is 44.6 Å².